The number of nitrogens with one attached hydrogen (secondary N) is 1. The van der Waals surface area contributed by atoms with Gasteiger partial charge in [-0.15, -0.1) is 0 Å². The lowest BCUT2D eigenvalue weighted by Crippen LogP contribution is -2.50. The van der Waals surface area contributed by atoms with Crippen LogP contribution in [0.4, 0.5) is 5.69 Å². The molecule has 2 aromatic carbocycles. The average Bonchev–Trinajstić information content (AvgIpc) is 3.21. The molecular formula is C31H37N3OS. The van der Waals surface area contributed by atoms with Crippen molar-refractivity contribution in [2.75, 3.05) is 25.0 Å². The van der Waals surface area contributed by atoms with Crippen molar-refractivity contribution in [2.24, 2.45) is 5.41 Å². The van der Waals surface area contributed by atoms with E-state index >= 15 is 0 Å². The van der Waals surface area contributed by atoms with Gasteiger partial charge in [0, 0.05) is 28.7 Å². The van der Waals surface area contributed by atoms with Crippen molar-refractivity contribution in [2.45, 2.75) is 64.8 Å². The fourth-order valence-electron chi connectivity index (χ4n) is 6.84. The summed E-state index contributed by atoms with van der Waals surface area (Å²) in [6.45, 7) is 11.9. The molecule has 5 heteroatoms. The number of nitrogens with zero attached hydrogens (tertiary/aromatic N) is 2. The molecule has 0 spiro atoms. The summed E-state index contributed by atoms with van der Waals surface area (Å²) in [6.07, 6.45) is 7.30. The van der Waals surface area contributed by atoms with Crippen LogP contribution in [0.15, 0.2) is 54.6 Å². The summed E-state index contributed by atoms with van der Waals surface area (Å²) in [5, 5.41) is 5.11. The van der Waals surface area contributed by atoms with Crippen LogP contribution in [0.3, 0.4) is 0 Å². The topological polar surface area (TPSA) is 29.4 Å². The second-order valence-corrected chi connectivity index (χ2v) is 12.1. The van der Waals surface area contributed by atoms with Gasteiger partial charge in [0.1, 0.15) is 6.61 Å². The summed E-state index contributed by atoms with van der Waals surface area (Å²) >= 11 is 5.63. The van der Waals surface area contributed by atoms with E-state index in [1.165, 1.54) is 52.8 Å². The van der Waals surface area contributed by atoms with Gasteiger partial charge in [0.15, 0.2) is 0 Å². The first kappa shape index (κ1) is 23.7. The predicted molar refractivity (Wildman–Crippen MR) is 154 cm³/mol. The lowest BCUT2D eigenvalue weighted by Gasteiger charge is -2.53. The van der Waals surface area contributed by atoms with Gasteiger partial charge in [-0.25, -0.2) is 0 Å². The van der Waals surface area contributed by atoms with Crippen LogP contribution < -0.4 is 5.32 Å². The number of rotatable bonds is 4. The summed E-state index contributed by atoms with van der Waals surface area (Å²) in [6, 6.07) is 17.8. The Balaban J connectivity index is 1.31. The molecule has 0 unspecified atom stereocenters. The lowest BCUT2D eigenvalue weighted by molar-refractivity contribution is 0.0264. The second-order valence-electron chi connectivity index (χ2n) is 11.8. The zero-order valence-electron chi connectivity index (χ0n) is 21.9. The van der Waals surface area contributed by atoms with Gasteiger partial charge in [0.2, 0.25) is 0 Å². The number of aromatic nitrogens is 1. The van der Waals surface area contributed by atoms with Gasteiger partial charge in [-0.05, 0) is 79.2 Å². The van der Waals surface area contributed by atoms with Crippen LogP contribution in [0.5, 0.6) is 0 Å². The summed E-state index contributed by atoms with van der Waals surface area (Å²) in [7, 11) is 0. The number of para-hydroxylation sites is 1. The maximum Gasteiger partial charge on any atom is 0.261 e. The fraction of sp³-hybridized carbons (Fsp3) is 0.452. The highest BCUT2D eigenvalue weighted by molar-refractivity contribution is 7.80. The molecule has 4 heterocycles. The Morgan fingerprint density at radius 1 is 1.11 bits per heavy atom. The standard InChI is InChI=1S/C31H37N3OS/c1-5-31-16-8-17-33-18-15-25-24-9-6-7-10-26(24)34(27(25)28(31)33)23(19-31)20-35-29(36)32-22-13-11-21(12-14-22)30(2,3)4/h6-7,9-14,19,28H,5,8,15-18,20H2,1-4H3,(H,32,36)/t28-,31+/m1/s1. The van der Waals surface area contributed by atoms with Crippen LogP contribution in [0.25, 0.3) is 16.6 Å². The minimum Gasteiger partial charge on any atom is -0.464 e. The molecule has 1 aromatic heterocycles. The van der Waals surface area contributed by atoms with Gasteiger partial charge in [-0.1, -0.05) is 64.1 Å². The molecule has 1 fully saturated rings. The highest BCUT2D eigenvalue weighted by atomic mass is 32.1. The van der Waals surface area contributed by atoms with Gasteiger partial charge >= 0.3 is 0 Å². The first-order valence-corrected chi connectivity index (χ1v) is 13.8. The molecule has 2 atom stereocenters. The quantitative estimate of drug-likeness (QED) is 0.382. The highest BCUT2D eigenvalue weighted by Gasteiger charge is 2.50. The highest BCUT2D eigenvalue weighted by Crippen LogP contribution is 2.56. The zero-order chi connectivity index (χ0) is 25.1. The molecule has 4 nitrogen and oxygen atoms in total. The van der Waals surface area contributed by atoms with Crippen molar-refractivity contribution in [3.63, 3.8) is 0 Å². The van der Waals surface area contributed by atoms with E-state index in [9.17, 15) is 0 Å². The van der Waals surface area contributed by atoms with E-state index in [1.54, 1.807) is 0 Å². The third-order valence-electron chi connectivity index (χ3n) is 8.67. The van der Waals surface area contributed by atoms with E-state index in [4.69, 9.17) is 17.0 Å². The Hall–Kier alpha value is -2.63. The van der Waals surface area contributed by atoms with Gasteiger partial charge in [0.05, 0.1) is 17.3 Å². The summed E-state index contributed by atoms with van der Waals surface area (Å²) < 4.78 is 8.73. The van der Waals surface area contributed by atoms with Crippen LogP contribution >= 0.6 is 12.2 Å². The van der Waals surface area contributed by atoms with Gasteiger partial charge in [0.25, 0.3) is 5.17 Å². The Bertz CT molecular complexity index is 1350. The number of hydrogen-bond donors (Lipinski definition) is 1. The third kappa shape index (κ3) is 3.79. The second kappa shape index (κ2) is 8.74. The number of piperidine rings is 1. The number of thiocarbonyl (C=S) groups is 1. The molecule has 0 radical (unpaired) electrons. The van der Waals surface area contributed by atoms with Crippen molar-refractivity contribution in [1.82, 2.24) is 9.47 Å². The molecule has 0 amide bonds. The molecule has 36 heavy (non-hydrogen) atoms. The number of fused-ring (bicyclic) bond motifs is 3. The third-order valence-corrected chi connectivity index (χ3v) is 8.89. The summed E-state index contributed by atoms with van der Waals surface area (Å²) in [5.74, 6) is 0. The monoisotopic (exact) mass is 499 g/mol. The Morgan fingerprint density at radius 2 is 1.89 bits per heavy atom. The largest absolute Gasteiger partial charge is 0.464 e. The van der Waals surface area contributed by atoms with Crippen molar-refractivity contribution >= 4 is 39.7 Å². The van der Waals surface area contributed by atoms with Gasteiger partial charge in [-0.3, -0.25) is 4.90 Å². The molecule has 3 aliphatic heterocycles. The molecule has 0 saturated carbocycles. The van der Waals surface area contributed by atoms with Crippen molar-refractivity contribution in [3.05, 3.63) is 71.4 Å². The minimum absolute atomic E-state index is 0.128. The van der Waals surface area contributed by atoms with Crippen molar-refractivity contribution in [3.8, 4) is 0 Å². The molecule has 1 saturated heterocycles. The van der Waals surface area contributed by atoms with E-state index in [2.05, 4.69) is 97.1 Å². The smallest absolute Gasteiger partial charge is 0.261 e. The van der Waals surface area contributed by atoms with Crippen molar-refractivity contribution < 1.29 is 4.74 Å². The minimum atomic E-state index is 0.128. The van der Waals surface area contributed by atoms with E-state index in [0.717, 1.165) is 25.1 Å². The fourth-order valence-corrected chi connectivity index (χ4v) is 7.02. The molecule has 0 aliphatic carbocycles. The normalized spacial score (nSPS) is 23.2. The van der Waals surface area contributed by atoms with Gasteiger partial charge < -0.3 is 14.6 Å². The Kier molecular flexibility index (Phi) is 5.77. The van der Waals surface area contributed by atoms with Crippen LogP contribution in [0.1, 0.15) is 69.8 Å². The van der Waals surface area contributed by atoms with E-state index in [-0.39, 0.29) is 10.8 Å². The molecule has 6 rings (SSSR count). The first-order valence-electron chi connectivity index (χ1n) is 13.4. The maximum absolute atomic E-state index is 6.23. The summed E-state index contributed by atoms with van der Waals surface area (Å²) in [5.41, 5.74) is 8.11. The van der Waals surface area contributed by atoms with Crippen LogP contribution in [-0.2, 0) is 16.6 Å². The van der Waals surface area contributed by atoms with E-state index in [1.807, 2.05) is 0 Å². The Labute approximate surface area is 220 Å². The van der Waals surface area contributed by atoms with Crippen LogP contribution in [-0.4, -0.2) is 34.3 Å². The number of anilines is 1. The van der Waals surface area contributed by atoms with E-state index < -0.39 is 0 Å². The molecule has 0 bridgehead atoms. The lowest BCUT2D eigenvalue weighted by atomic mass is 9.66. The average molecular weight is 500 g/mol. The maximum atomic E-state index is 6.23. The predicted octanol–water partition coefficient (Wildman–Crippen LogP) is 7.30. The van der Waals surface area contributed by atoms with Crippen molar-refractivity contribution in [1.29, 1.82) is 0 Å². The summed E-state index contributed by atoms with van der Waals surface area (Å²) in [4.78, 5) is 2.74. The number of ether oxygens (including phenoxy) is 1. The van der Waals surface area contributed by atoms with Gasteiger partial charge in [-0.2, -0.15) is 0 Å². The van der Waals surface area contributed by atoms with Crippen LogP contribution in [0, 0.1) is 5.41 Å². The van der Waals surface area contributed by atoms with E-state index in [0.29, 0.717) is 17.8 Å². The molecule has 3 aliphatic rings. The molecule has 1 N–H and O–H groups in total. The number of hydrogen-bond acceptors (Lipinski definition) is 3. The Morgan fingerprint density at radius 3 is 2.64 bits per heavy atom. The molecule has 188 valence electrons. The SMILES string of the molecule is CC[C@@]12C=C(COC(=S)Nc3ccc(C(C)(C)C)cc3)n3c4c(c5ccccc53)CCN(CCC1)[C@H]42. The number of benzene rings is 2. The molecular weight excluding hydrogens is 462 g/mol. The zero-order valence-corrected chi connectivity index (χ0v) is 22.8. The first-order chi connectivity index (χ1) is 17.3. The molecule has 3 aromatic rings. The van der Waals surface area contributed by atoms with Crippen LogP contribution in [0.2, 0.25) is 0 Å².